The van der Waals surface area contributed by atoms with Crippen molar-refractivity contribution in [2.75, 3.05) is 5.32 Å². The summed E-state index contributed by atoms with van der Waals surface area (Å²) in [4.78, 5) is 23.0. The summed E-state index contributed by atoms with van der Waals surface area (Å²) < 4.78 is 22.5. The lowest BCUT2D eigenvalue weighted by Gasteiger charge is -2.07. The first kappa shape index (κ1) is 15.5. The quantitative estimate of drug-likeness (QED) is 0.751. The maximum Gasteiger partial charge on any atom is 0.307 e. The predicted octanol–water partition coefficient (Wildman–Crippen LogP) is 0.629. The molecule has 0 saturated heterocycles. The van der Waals surface area contributed by atoms with Gasteiger partial charge in [0.05, 0.1) is 16.7 Å². The Labute approximate surface area is 122 Å². The van der Waals surface area contributed by atoms with Gasteiger partial charge in [0.1, 0.15) is 0 Å². The van der Waals surface area contributed by atoms with Gasteiger partial charge in [-0.05, 0) is 23.6 Å². The molecule has 0 unspecified atom stereocenters. The van der Waals surface area contributed by atoms with Crippen molar-refractivity contribution in [2.45, 2.75) is 18.7 Å². The first-order chi connectivity index (χ1) is 9.55. The SMILES string of the molecule is CC1(C)[C@H](C(=O)Nc2cccc(S(N)(=O)=O)c2)[C@@H]1C(=O)O. The van der Waals surface area contributed by atoms with Gasteiger partial charge in [-0.25, -0.2) is 13.6 Å². The number of rotatable bonds is 4. The van der Waals surface area contributed by atoms with Gasteiger partial charge < -0.3 is 10.4 Å². The molecule has 4 N–H and O–H groups in total. The van der Waals surface area contributed by atoms with E-state index in [0.29, 0.717) is 0 Å². The summed E-state index contributed by atoms with van der Waals surface area (Å²) in [5.74, 6) is -2.84. The highest BCUT2D eigenvalue weighted by Gasteiger charge is 2.65. The molecule has 0 spiro atoms. The molecule has 0 bridgehead atoms. The van der Waals surface area contributed by atoms with E-state index in [2.05, 4.69) is 5.32 Å². The van der Waals surface area contributed by atoms with Gasteiger partial charge in [0.15, 0.2) is 0 Å². The van der Waals surface area contributed by atoms with Crippen molar-refractivity contribution >= 4 is 27.6 Å². The van der Waals surface area contributed by atoms with E-state index in [1.807, 2.05) is 0 Å². The van der Waals surface area contributed by atoms with Crippen LogP contribution in [0.4, 0.5) is 5.69 Å². The lowest BCUT2D eigenvalue weighted by Crippen LogP contribution is -2.18. The Balaban J connectivity index is 2.17. The number of carbonyl (C=O) groups excluding carboxylic acids is 1. The monoisotopic (exact) mass is 312 g/mol. The Bertz CT molecular complexity index is 711. The Morgan fingerprint density at radius 1 is 1.29 bits per heavy atom. The summed E-state index contributed by atoms with van der Waals surface area (Å²) in [6, 6.07) is 5.50. The van der Waals surface area contributed by atoms with Crippen molar-refractivity contribution in [1.82, 2.24) is 0 Å². The molecule has 0 aromatic heterocycles. The number of primary sulfonamides is 1. The van der Waals surface area contributed by atoms with E-state index in [0.717, 1.165) is 0 Å². The van der Waals surface area contributed by atoms with Gasteiger partial charge >= 0.3 is 5.97 Å². The van der Waals surface area contributed by atoms with E-state index in [1.54, 1.807) is 13.8 Å². The van der Waals surface area contributed by atoms with Gasteiger partial charge in [0.25, 0.3) is 0 Å². The molecule has 1 aromatic rings. The summed E-state index contributed by atoms with van der Waals surface area (Å²) in [7, 11) is -3.86. The lowest BCUT2D eigenvalue weighted by atomic mass is 10.1. The standard InChI is InChI=1S/C13H16N2O5S/c1-13(2)9(10(13)12(17)18)11(16)15-7-4-3-5-8(6-7)21(14,19)20/h3-6,9-10H,1-2H3,(H,15,16)(H,17,18)(H2,14,19,20)/t9-,10+/m0/s1. The molecule has 1 aromatic carbocycles. The van der Waals surface area contributed by atoms with Gasteiger partial charge in [-0.2, -0.15) is 0 Å². The second kappa shape index (κ2) is 4.81. The number of nitrogens with two attached hydrogens (primary N) is 1. The van der Waals surface area contributed by atoms with Crippen LogP contribution in [-0.4, -0.2) is 25.4 Å². The van der Waals surface area contributed by atoms with Gasteiger partial charge in [-0.1, -0.05) is 19.9 Å². The second-order valence-electron chi connectivity index (χ2n) is 5.68. The van der Waals surface area contributed by atoms with Crippen molar-refractivity contribution in [3.63, 3.8) is 0 Å². The topological polar surface area (TPSA) is 127 Å². The van der Waals surface area contributed by atoms with Crippen LogP contribution >= 0.6 is 0 Å². The number of nitrogens with one attached hydrogen (secondary N) is 1. The molecule has 0 heterocycles. The number of sulfonamides is 1. The average Bonchev–Trinajstić information content (AvgIpc) is 2.92. The summed E-state index contributed by atoms with van der Waals surface area (Å²) in [6.45, 7) is 3.41. The first-order valence-electron chi connectivity index (χ1n) is 6.21. The van der Waals surface area contributed by atoms with Crippen LogP contribution in [0, 0.1) is 17.3 Å². The molecule has 1 saturated carbocycles. The molecule has 8 heteroatoms. The van der Waals surface area contributed by atoms with Gasteiger partial charge in [-0.3, -0.25) is 9.59 Å². The summed E-state index contributed by atoms with van der Waals surface area (Å²) >= 11 is 0. The van der Waals surface area contributed by atoms with E-state index in [9.17, 15) is 18.0 Å². The van der Waals surface area contributed by atoms with Crippen LogP contribution < -0.4 is 10.5 Å². The van der Waals surface area contributed by atoms with E-state index in [1.165, 1.54) is 24.3 Å². The predicted molar refractivity (Wildman–Crippen MR) is 74.8 cm³/mol. The number of carboxylic acids is 1. The summed E-state index contributed by atoms with van der Waals surface area (Å²) in [5.41, 5.74) is -0.355. The molecule has 0 aliphatic heterocycles. The van der Waals surface area contributed by atoms with E-state index in [4.69, 9.17) is 10.2 Å². The third-order valence-corrected chi connectivity index (χ3v) is 4.72. The number of carboxylic acid groups (broad SMARTS) is 1. The number of hydrogen-bond acceptors (Lipinski definition) is 4. The highest BCUT2D eigenvalue weighted by molar-refractivity contribution is 7.89. The molecule has 1 aliphatic carbocycles. The molecular weight excluding hydrogens is 296 g/mol. The minimum absolute atomic E-state index is 0.120. The van der Waals surface area contributed by atoms with Gasteiger partial charge in [0.2, 0.25) is 15.9 Å². The largest absolute Gasteiger partial charge is 0.481 e. The Morgan fingerprint density at radius 3 is 2.38 bits per heavy atom. The maximum absolute atomic E-state index is 12.1. The number of hydrogen-bond donors (Lipinski definition) is 3. The fourth-order valence-electron chi connectivity index (χ4n) is 2.56. The molecule has 1 fully saturated rings. The maximum atomic E-state index is 12.1. The molecule has 1 aliphatic rings. The van der Waals surface area contributed by atoms with Gasteiger partial charge in [0, 0.05) is 5.69 Å². The van der Waals surface area contributed by atoms with Gasteiger partial charge in [-0.15, -0.1) is 0 Å². The minimum Gasteiger partial charge on any atom is -0.481 e. The minimum atomic E-state index is -3.86. The average molecular weight is 312 g/mol. The third-order valence-electron chi connectivity index (χ3n) is 3.81. The van der Waals surface area contributed by atoms with Crippen LogP contribution in [0.15, 0.2) is 29.2 Å². The number of aliphatic carboxylic acids is 1. The Kier molecular flexibility index (Phi) is 3.54. The van der Waals surface area contributed by atoms with Crippen molar-refractivity contribution in [3.05, 3.63) is 24.3 Å². The van der Waals surface area contributed by atoms with Crippen molar-refractivity contribution in [1.29, 1.82) is 0 Å². The van der Waals surface area contributed by atoms with Crippen LogP contribution in [0.3, 0.4) is 0 Å². The van der Waals surface area contributed by atoms with Crippen molar-refractivity contribution in [2.24, 2.45) is 22.4 Å². The molecule has 0 radical (unpaired) electrons. The molecule has 2 rings (SSSR count). The molecule has 2 atom stereocenters. The highest BCUT2D eigenvalue weighted by atomic mass is 32.2. The highest BCUT2D eigenvalue weighted by Crippen LogP contribution is 2.58. The third kappa shape index (κ3) is 2.91. The fourth-order valence-corrected chi connectivity index (χ4v) is 3.12. The zero-order valence-electron chi connectivity index (χ0n) is 11.5. The summed E-state index contributed by atoms with van der Waals surface area (Å²) in [6.07, 6.45) is 0. The fraction of sp³-hybridized carbons (Fsp3) is 0.385. The lowest BCUT2D eigenvalue weighted by molar-refractivity contribution is -0.140. The molecule has 114 valence electrons. The van der Waals surface area contributed by atoms with Crippen LogP contribution in [-0.2, 0) is 19.6 Å². The van der Waals surface area contributed by atoms with E-state index >= 15 is 0 Å². The molecule has 1 amide bonds. The van der Waals surface area contributed by atoms with E-state index < -0.39 is 39.2 Å². The molecule has 7 nitrogen and oxygen atoms in total. The number of amides is 1. The number of carbonyl (C=O) groups is 2. The number of benzene rings is 1. The molecular formula is C13H16N2O5S. The summed E-state index contributed by atoms with van der Waals surface area (Å²) in [5, 5.41) is 16.6. The van der Waals surface area contributed by atoms with Crippen molar-refractivity contribution < 1.29 is 23.1 Å². The zero-order valence-corrected chi connectivity index (χ0v) is 12.3. The van der Waals surface area contributed by atoms with Crippen LogP contribution in [0.2, 0.25) is 0 Å². The molecule has 21 heavy (non-hydrogen) atoms. The second-order valence-corrected chi connectivity index (χ2v) is 7.24. The smallest absolute Gasteiger partial charge is 0.307 e. The van der Waals surface area contributed by atoms with Crippen LogP contribution in [0.5, 0.6) is 0 Å². The van der Waals surface area contributed by atoms with E-state index in [-0.39, 0.29) is 10.6 Å². The first-order valence-corrected chi connectivity index (χ1v) is 7.76. The van der Waals surface area contributed by atoms with Crippen molar-refractivity contribution in [3.8, 4) is 0 Å². The van der Waals surface area contributed by atoms with Crippen LogP contribution in [0.1, 0.15) is 13.8 Å². The zero-order chi connectivity index (χ0) is 16.0. The van der Waals surface area contributed by atoms with Crippen LogP contribution in [0.25, 0.3) is 0 Å². The Hall–Kier alpha value is -1.93. The normalized spacial score (nSPS) is 23.4. The Morgan fingerprint density at radius 2 is 1.90 bits per heavy atom. The number of anilines is 1.